The molecule has 0 saturated carbocycles. The van der Waals surface area contributed by atoms with Crippen molar-refractivity contribution in [2.45, 2.75) is 26.7 Å². The molecule has 1 amide bonds. The molecule has 1 aromatic rings. The summed E-state index contributed by atoms with van der Waals surface area (Å²) in [4.78, 5) is 12.3. The van der Waals surface area contributed by atoms with Gasteiger partial charge >= 0.3 is 0 Å². The van der Waals surface area contributed by atoms with E-state index in [0.717, 1.165) is 29.5 Å². The number of nitrogens with zero attached hydrogens (tertiary/aromatic N) is 1. The summed E-state index contributed by atoms with van der Waals surface area (Å²) < 4.78 is 29.7. The van der Waals surface area contributed by atoms with Crippen LogP contribution in [0, 0.1) is 6.92 Å². The SMILES string of the molecule is CCc1cccc(C)c1NC(=O)CN(CCCOC)S(C)(=O)=O. The van der Waals surface area contributed by atoms with E-state index < -0.39 is 10.0 Å². The Hall–Kier alpha value is -1.44. The lowest BCUT2D eigenvalue weighted by Gasteiger charge is -2.20. The van der Waals surface area contributed by atoms with E-state index in [4.69, 9.17) is 4.74 Å². The third-order valence-corrected chi connectivity index (χ3v) is 4.80. The fraction of sp³-hybridized carbons (Fsp3) is 0.562. The molecule has 1 rings (SSSR count). The number of para-hydroxylation sites is 1. The number of nitrogens with one attached hydrogen (secondary N) is 1. The van der Waals surface area contributed by atoms with Crippen LogP contribution in [0.3, 0.4) is 0 Å². The van der Waals surface area contributed by atoms with Crippen molar-refractivity contribution in [2.75, 3.05) is 38.4 Å². The van der Waals surface area contributed by atoms with Crippen LogP contribution >= 0.6 is 0 Å². The Morgan fingerprint density at radius 2 is 2.04 bits per heavy atom. The third kappa shape index (κ3) is 6.29. The van der Waals surface area contributed by atoms with Crippen LogP contribution in [-0.4, -0.2) is 51.7 Å². The number of carbonyl (C=O) groups excluding carboxylic acids is 1. The molecule has 0 spiro atoms. The second kappa shape index (κ2) is 9.00. The molecular formula is C16H26N2O4S. The van der Waals surface area contributed by atoms with Crippen LogP contribution in [0.15, 0.2) is 18.2 Å². The summed E-state index contributed by atoms with van der Waals surface area (Å²) in [5.74, 6) is -0.336. The van der Waals surface area contributed by atoms with Gasteiger partial charge in [0.2, 0.25) is 15.9 Å². The number of carbonyl (C=O) groups is 1. The Morgan fingerprint density at radius 3 is 2.61 bits per heavy atom. The normalized spacial score (nSPS) is 11.7. The van der Waals surface area contributed by atoms with Crippen molar-refractivity contribution in [3.8, 4) is 0 Å². The van der Waals surface area contributed by atoms with Gasteiger partial charge in [-0.1, -0.05) is 25.1 Å². The van der Waals surface area contributed by atoms with Gasteiger partial charge in [-0.25, -0.2) is 8.42 Å². The summed E-state index contributed by atoms with van der Waals surface area (Å²) in [6.07, 6.45) is 2.45. The molecule has 7 heteroatoms. The van der Waals surface area contributed by atoms with Gasteiger partial charge in [-0.3, -0.25) is 4.79 Å². The second-order valence-electron chi connectivity index (χ2n) is 5.45. The summed E-state index contributed by atoms with van der Waals surface area (Å²) in [5.41, 5.74) is 2.76. The van der Waals surface area contributed by atoms with Gasteiger partial charge in [0.25, 0.3) is 0 Å². The van der Waals surface area contributed by atoms with Gasteiger partial charge in [0.1, 0.15) is 0 Å². The summed E-state index contributed by atoms with van der Waals surface area (Å²) in [5, 5.41) is 2.85. The first-order valence-electron chi connectivity index (χ1n) is 7.62. The Bertz CT molecular complexity index is 629. The number of ether oxygens (including phenoxy) is 1. The van der Waals surface area contributed by atoms with Crippen LogP contribution in [0.1, 0.15) is 24.5 Å². The predicted molar refractivity (Wildman–Crippen MR) is 92.1 cm³/mol. The van der Waals surface area contributed by atoms with E-state index in [1.165, 1.54) is 4.31 Å². The molecule has 1 N–H and O–H groups in total. The number of amides is 1. The third-order valence-electron chi connectivity index (χ3n) is 3.55. The largest absolute Gasteiger partial charge is 0.385 e. The number of benzene rings is 1. The van der Waals surface area contributed by atoms with Crippen molar-refractivity contribution < 1.29 is 17.9 Å². The van der Waals surface area contributed by atoms with Crippen molar-refractivity contribution >= 4 is 21.6 Å². The molecular weight excluding hydrogens is 316 g/mol. The fourth-order valence-electron chi connectivity index (χ4n) is 2.29. The number of rotatable bonds is 9. The molecule has 0 saturated heterocycles. The maximum atomic E-state index is 12.3. The van der Waals surface area contributed by atoms with Crippen molar-refractivity contribution in [1.29, 1.82) is 0 Å². The number of aryl methyl sites for hydroxylation is 2. The summed E-state index contributed by atoms with van der Waals surface area (Å²) in [7, 11) is -1.88. The first kappa shape index (κ1) is 19.6. The molecule has 130 valence electrons. The maximum absolute atomic E-state index is 12.3. The van der Waals surface area contributed by atoms with E-state index in [9.17, 15) is 13.2 Å². The molecule has 0 aromatic heterocycles. The molecule has 0 radical (unpaired) electrons. The van der Waals surface area contributed by atoms with Crippen LogP contribution in [0.4, 0.5) is 5.69 Å². The van der Waals surface area contributed by atoms with Crippen LogP contribution in [-0.2, 0) is 26.0 Å². The average molecular weight is 342 g/mol. The van der Waals surface area contributed by atoms with Gasteiger partial charge in [0.05, 0.1) is 12.8 Å². The van der Waals surface area contributed by atoms with E-state index in [1.807, 2.05) is 32.0 Å². The molecule has 0 atom stereocenters. The summed E-state index contributed by atoms with van der Waals surface area (Å²) in [6, 6.07) is 5.81. The lowest BCUT2D eigenvalue weighted by atomic mass is 10.1. The van der Waals surface area contributed by atoms with Crippen LogP contribution in [0.2, 0.25) is 0 Å². The molecule has 0 bridgehead atoms. The molecule has 0 aliphatic carbocycles. The van der Waals surface area contributed by atoms with Crippen molar-refractivity contribution in [3.05, 3.63) is 29.3 Å². The Kier molecular flexibility index (Phi) is 7.67. The van der Waals surface area contributed by atoms with E-state index in [2.05, 4.69) is 5.32 Å². The average Bonchev–Trinajstić information content (AvgIpc) is 2.47. The van der Waals surface area contributed by atoms with Crippen molar-refractivity contribution in [3.63, 3.8) is 0 Å². The van der Waals surface area contributed by atoms with Gasteiger partial charge < -0.3 is 10.1 Å². The zero-order valence-electron chi connectivity index (χ0n) is 14.3. The lowest BCUT2D eigenvalue weighted by Crippen LogP contribution is -2.38. The highest BCUT2D eigenvalue weighted by molar-refractivity contribution is 7.88. The minimum absolute atomic E-state index is 0.194. The molecule has 0 heterocycles. The highest BCUT2D eigenvalue weighted by Crippen LogP contribution is 2.21. The van der Waals surface area contributed by atoms with E-state index in [0.29, 0.717) is 13.0 Å². The Balaban J connectivity index is 2.80. The fourth-order valence-corrected chi connectivity index (χ4v) is 3.10. The van der Waals surface area contributed by atoms with Gasteiger partial charge in [0.15, 0.2) is 0 Å². The summed E-state index contributed by atoms with van der Waals surface area (Å²) in [6.45, 7) is 4.44. The van der Waals surface area contributed by atoms with E-state index in [-0.39, 0.29) is 19.0 Å². The first-order chi connectivity index (χ1) is 10.8. The van der Waals surface area contributed by atoms with Crippen LogP contribution in [0.5, 0.6) is 0 Å². The zero-order chi connectivity index (χ0) is 17.5. The van der Waals surface area contributed by atoms with Gasteiger partial charge in [-0.15, -0.1) is 0 Å². The molecule has 0 aliphatic rings. The van der Waals surface area contributed by atoms with Crippen LogP contribution in [0.25, 0.3) is 0 Å². The lowest BCUT2D eigenvalue weighted by molar-refractivity contribution is -0.116. The highest BCUT2D eigenvalue weighted by Gasteiger charge is 2.20. The quantitative estimate of drug-likeness (QED) is 0.694. The number of anilines is 1. The molecule has 6 nitrogen and oxygen atoms in total. The van der Waals surface area contributed by atoms with Gasteiger partial charge in [-0.05, 0) is 30.9 Å². The predicted octanol–water partition coefficient (Wildman–Crippen LogP) is 1.79. The standard InChI is InChI=1S/C16H26N2O4S/c1-5-14-9-6-8-13(2)16(14)17-15(19)12-18(23(4,20)21)10-7-11-22-3/h6,8-9H,5,7,10-12H2,1-4H3,(H,17,19). The molecule has 0 aliphatic heterocycles. The Morgan fingerprint density at radius 1 is 1.35 bits per heavy atom. The maximum Gasteiger partial charge on any atom is 0.239 e. The van der Waals surface area contributed by atoms with Crippen molar-refractivity contribution in [2.24, 2.45) is 0 Å². The number of hydrogen-bond donors (Lipinski definition) is 1. The topological polar surface area (TPSA) is 75.7 Å². The molecule has 0 fully saturated rings. The Labute approximate surface area is 138 Å². The highest BCUT2D eigenvalue weighted by atomic mass is 32.2. The van der Waals surface area contributed by atoms with Crippen LogP contribution < -0.4 is 5.32 Å². The summed E-state index contributed by atoms with van der Waals surface area (Å²) >= 11 is 0. The van der Waals surface area contributed by atoms with E-state index in [1.54, 1.807) is 7.11 Å². The van der Waals surface area contributed by atoms with Crippen molar-refractivity contribution in [1.82, 2.24) is 4.31 Å². The number of hydrogen-bond acceptors (Lipinski definition) is 4. The minimum Gasteiger partial charge on any atom is -0.385 e. The first-order valence-corrected chi connectivity index (χ1v) is 9.46. The second-order valence-corrected chi connectivity index (χ2v) is 7.44. The number of methoxy groups -OCH3 is 1. The molecule has 23 heavy (non-hydrogen) atoms. The molecule has 1 aromatic carbocycles. The van der Waals surface area contributed by atoms with Gasteiger partial charge in [0, 0.05) is 25.9 Å². The smallest absolute Gasteiger partial charge is 0.239 e. The molecule has 0 unspecified atom stereocenters. The van der Waals surface area contributed by atoms with E-state index >= 15 is 0 Å². The monoisotopic (exact) mass is 342 g/mol. The minimum atomic E-state index is -3.44. The van der Waals surface area contributed by atoms with Gasteiger partial charge in [-0.2, -0.15) is 4.31 Å². The zero-order valence-corrected chi connectivity index (χ0v) is 15.1. The number of sulfonamides is 1.